The lowest BCUT2D eigenvalue weighted by Gasteiger charge is -2.38. The molecule has 0 bridgehead atoms. The van der Waals surface area contributed by atoms with Crippen LogP contribution in [0.2, 0.25) is 5.02 Å². The highest BCUT2D eigenvalue weighted by molar-refractivity contribution is 6.31. The van der Waals surface area contributed by atoms with Crippen molar-refractivity contribution in [3.05, 3.63) is 94.0 Å². The first-order chi connectivity index (χ1) is 14.8. The summed E-state index contributed by atoms with van der Waals surface area (Å²) in [6, 6.07) is 20.7. The van der Waals surface area contributed by atoms with Crippen LogP contribution in [0.15, 0.2) is 66.7 Å². The molecule has 1 heterocycles. The van der Waals surface area contributed by atoms with Crippen LogP contribution >= 0.6 is 11.6 Å². The molecule has 0 spiro atoms. The maximum Gasteiger partial charge on any atom is 0.251 e. The Hall–Kier alpha value is -2.98. The van der Waals surface area contributed by atoms with E-state index in [2.05, 4.69) is 5.32 Å². The topological polar surface area (TPSA) is 47.6 Å². The zero-order valence-electron chi connectivity index (χ0n) is 17.9. The number of carbonyl (C=O) groups is 1. The van der Waals surface area contributed by atoms with E-state index in [1.807, 2.05) is 63.2 Å². The number of hydrogen-bond donors (Lipinski definition) is 1. The van der Waals surface area contributed by atoms with Crippen molar-refractivity contribution in [1.29, 1.82) is 0 Å². The van der Waals surface area contributed by atoms with E-state index in [0.29, 0.717) is 29.4 Å². The van der Waals surface area contributed by atoms with Crippen LogP contribution in [0.4, 0.5) is 0 Å². The average Bonchev–Trinajstić information content (AvgIpc) is 2.72. The molecule has 5 heteroatoms. The first-order valence-electron chi connectivity index (χ1n) is 10.4. The number of ether oxygens (including phenoxy) is 2. The summed E-state index contributed by atoms with van der Waals surface area (Å²) in [5.41, 5.74) is 3.30. The SMILES string of the molecule is Cc1ccc2c(c1)OC(C)(C)C[C@H]2NC(=O)c1ccc(OCc2ccccc2Cl)cc1. The van der Waals surface area contributed by atoms with Gasteiger partial charge in [0, 0.05) is 28.1 Å². The van der Waals surface area contributed by atoms with E-state index >= 15 is 0 Å². The number of benzene rings is 3. The van der Waals surface area contributed by atoms with E-state index in [4.69, 9.17) is 21.1 Å². The lowest BCUT2D eigenvalue weighted by molar-refractivity contribution is 0.0619. The Morgan fingerprint density at radius 1 is 1.13 bits per heavy atom. The summed E-state index contributed by atoms with van der Waals surface area (Å²) in [6.45, 7) is 6.50. The molecular weight excluding hydrogens is 410 g/mol. The molecule has 1 amide bonds. The van der Waals surface area contributed by atoms with Crippen molar-refractivity contribution in [2.24, 2.45) is 0 Å². The van der Waals surface area contributed by atoms with Crippen LogP contribution in [0.3, 0.4) is 0 Å². The zero-order valence-corrected chi connectivity index (χ0v) is 18.7. The molecule has 4 nitrogen and oxygen atoms in total. The fourth-order valence-corrected chi connectivity index (χ4v) is 4.00. The number of nitrogens with one attached hydrogen (secondary N) is 1. The normalized spacial score (nSPS) is 16.7. The van der Waals surface area contributed by atoms with Gasteiger partial charge in [0.05, 0.1) is 6.04 Å². The van der Waals surface area contributed by atoms with Gasteiger partial charge in [-0.3, -0.25) is 4.79 Å². The molecule has 0 saturated carbocycles. The molecular formula is C26H26ClNO3. The number of rotatable bonds is 5. The fraction of sp³-hybridized carbons (Fsp3) is 0.269. The van der Waals surface area contributed by atoms with Crippen molar-refractivity contribution >= 4 is 17.5 Å². The Labute approximate surface area is 188 Å². The molecule has 1 aliphatic heterocycles. The van der Waals surface area contributed by atoms with E-state index in [0.717, 1.165) is 22.4 Å². The molecule has 0 unspecified atom stereocenters. The quantitative estimate of drug-likeness (QED) is 0.514. The number of hydrogen-bond acceptors (Lipinski definition) is 3. The van der Waals surface area contributed by atoms with Gasteiger partial charge in [-0.25, -0.2) is 0 Å². The van der Waals surface area contributed by atoms with Gasteiger partial charge in [0.1, 0.15) is 23.7 Å². The van der Waals surface area contributed by atoms with Crippen molar-refractivity contribution in [2.45, 2.75) is 45.4 Å². The van der Waals surface area contributed by atoms with Crippen LogP contribution < -0.4 is 14.8 Å². The molecule has 4 rings (SSSR count). The summed E-state index contributed by atoms with van der Waals surface area (Å²) in [7, 11) is 0. The molecule has 0 fully saturated rings. The molecule has 31 heavy (non-hydrogen) atoms. The number of amides is 1. The highest BCUT2D eigenvalue weighted by atomic mass is 35.5. The molecule has 3 aromatic carbocycles. The Morgan fingerprint density at radius 2 is 1.87 bits per heavy atom. The number of carbonyl (C=O) groups excluding carboxylic acids is 1. The van der Waals surface area contributed by atoms with Crippen LogP contribution in [0.5, 0.6) is 11.5 Å². The minimum absolute atomic E-state index is 0.108. The van der Waals surface area contributed by atoms with Crippen LogP contribution in [0.1, 0.15) is 53.4 Å². The van der Waals surface area contributed by atoms with E-state index in [-0.39, 0.29) is 17.6 Å². The number of halogens is 1. The van der Waals surface area contributed by atoms with Crippen molar-refractivity contribution in [2.75, 3.05) is 0 Å². The summed E-state index contributed by atoms with van der Waals surface area (Å²) in [4.78, 5) is 12.9. The molecule has 0 aromatic heterocycles. The molecule has 160 valence electrons. The fourth-order valence-electron chi connectivity index (χ4n) is 3.81. The first-order valence-corrected chi connectivity index (χ1v) is 10.8. The lowest BCUT2D eigenvalue weighted by atomic mass is 9.89. The van der Waals surface area contributed by atoms with Gasteiger partial charge >= 0.3 is 0 Å². The maximum atomic E-state index is 12.9. The van der Waals surface area contributed by atoms with Crippen molar-refractivity contribution < 1.29 is 14.3 Å². The zero-order chi connectivity index (χ0) is 22.0. The highest BCUT2D eigenvalue weighted by Crippen LogP contribution is 2.40. The molecule has 0 aliphatic carbocycles. The summed E-state index contributed by atoms with van der Waals surface area (Å²) in [5.74, 6) is 1.40. The standard InChI is InChI=1S/C26H26ClNO3/c1-17-8-13-21-23(15-26(2,3)31-24(21)14-17)28-25(29)18-9-11-20(12-10-18)30-16-19-6-4-5-7-22(19)27/h4-14,23H,15-16H2,1-3H3,(H,28,29)/t23-/m1/s1. The third kappa shape index (κ3) is 5.02. The van der Waals surface area contributed by atoms with Gasteiger partial charge in [-0.05, 0) is 62.7 Å². The van der Waals surface area contributed by atoms with E-state index in [9.17, 15) is 4.79 Å². The number of fused-ring (bicyclic) bond motifs is 1. The van der Waals surface area contributed by atoms with Gasteiger partial charge in [0.25, 0.3) is 5.91 Å². The van der Waals surface area contributed by atoms with Gasteiger partial charge in [0.2, 0.25) is 0 Å². The van der Waals surface area contributed by atoms with Gasteiger partial charge in [0.15, 0.2) is 0 Å². The Morgan fingerprint density at radius 3 is 2.61 bits per heavy atom. The third-order valence-electron chi connectivity index (χ3n) is 5.40. The van der Waals surface area contributed by atoms with Crippen LogP contribution in [0.25, 0.3) is 0 Å². The first kappa shape index (κ1) is 21.3. The smallest absolute Gasteiger partial charge is 0.251 e. The molecule has 1 aliphatic rings. The molecule has 3 aromatic rings. The second kappa shape index (κ2) is 8.64. The third-order valence-corrected chi connectivity index (χ3v) is 5.77. The average molecular weight is 436 g/mol. The van der Waals surface area contributed by atoms with E-state index in [1.54, 1.807) is 24.3 Å². The Balaban J connectivity index is 1.44. The van der Waals surface area contributed by atoms with E-state index < -0.39 is 0 Å². The summed E-state index contributed by atoms with van der Waals surface area (Å²) < 4.78 is 11.9. The largest absolute Gasteiger partial charge is 0.489 e. The Kier molecular flexibility index (Phi) is 5.92. The predicted molar refractivity (Wildman–Crippen MR) is 123 cm³/mol. The van der Waals surface area contributed by atoms with Crippen LogP contribution in [-0.2, 0) is 6.61 Å². The summed E-state index contributed by atoms with van der Waals surface area (Å²) in [5, 5.41) is 3.85. The lowest BCUT2D eigenvalue weighted by Crippen LogP contribution is -2.41. The van der Waals surface area contributed by atoms with Gasteiger partial charge in [-0.1, -0.05) is 41.9 Å². The van der Waals surface area contributed by atoms with Crippen LogP contribution in [0, 0.1) is 6.92 Å². The van der Waals surface area contributed by atoms with E-state index in [1.165, 1.54) is 0 Å². The molecule has 0 radical (unpaired) electrons. The highest BCUT2D eigenvalue weighted by Gasteiger charge is 2.34. The summed E-state index contributed by atoms with van der Waals surface area (Å²) in [6.07, 6.45) is 0.702. The summed E-state index contributed by atoms with van der Waals surface area (Å²) >= 11 is 6.17. The van der Waals surface area contributed by atoms with Crippen molar-refractivity contribution in [3.8, 4) is 11.5 Å². The predicted octanol–water partition coefficient (Wildman–Crippen LogP) is 6.26. The second-order valence-electron chi connectivity index (χ2n) is 8.54. The minimum atomic E-state index is -0.352. The molecule has 1 N–H and O–H groups in total. The van der Waals surface area contributed by atoms with Crippen molar-refractivity contribution in [3.63, 3.8) is 0 Å². The number of aryl methyl sites for hydroxylation is 1. The van der Waals surface area contributed by atoms with Gasteiger partial charge in [-0.2, -0.15) is 0 Å². The Bertz CT molecular complexity index is 1090. The van der Waals surface area contributed by atoms with Gasteiger partial charge < -0.3 is 14.8 Å². The molecule has 1 atom stereocenters. The van der Waals surface area contributed by atoms with Crippen molar-refractivity contribution in [1.82, 2.24) is 5.32 Å². The van der Waals surface area contributed by atoms with Gasteiger partial charge in [-0.15, -0.1) is 0 Å². The second-order valence-corrected chi connectivity index (χ2v) is 8.94. The van der Waals surface area contributed by atoms with Crippen LogP contribution in [-0.4, -0.2) is 11.5 Å². The molecule has 0 saturated heterocycles. The maximum absolute atomic E-state index is 12.9. The monoisotopic (exact) mass is 435 g/mol. The minimum Gasteiger partial charge on any atom is -0.489 e.